The van der Waals surface area contributed by atoms with Crippen molar-refractivity contribution in [3.05, 3.63) is 30.3 Å². The van der Waals surface area contributed by atoms with Gasteiger partial charge in [-0.3, -0.25) is 9.59 Å². The molecule has 6 heteroatoms. The van der Waals surface area contributed by atoms with Gasteiger partial charge in [0.25, 0.3) is 0 Å². The molecule has 0 bridgehead atoms. The Balaban J connectivity index is 0.00000324. The molecule has 5 nitrogen and oxygen atoms in total. The third-order valence-electron chi connectivity index (χ3n) is 2.24. The van der Waals surface area contributed by atoms with Gasteiger partial charge < -0.3 is 16.4 Å². The number of benzene rings is 1. The first kappa shape index (κ1) is 17.4. The Labute approximate surface area is 119 Å². The summed E-state index contributed by atoms with van der Waals surface area (Å²) in [7, 11) is 0. The van der Waals surface area contributed by atoms with Crippen molar-refractivity contribution in [3.63, 3.8) is 0 Å². The van der Waals surface area contributed by atoms with E-state index in [1.54, 1.807) is 6.92 Å². The summed E-state index contributed by atoms with van der Waals surface area (Å²) in [5, 5.41) is 5.39. The number of anilines is 1. The molecule has 19 heavy (non-hydrogen) atoms. The van der Waals surface area contributed by atoms with E-state index in [1.807, 2.05) is 30.3 Å². The van der Waals surface area contributed by atoms with Gasteiger partial charge in [0.2, 0.25) is 11.8 Å². The summed E-state index contributed by atoms with van der Waals surface area (Å²) in [6.45, 7) is 2.09. The van der Waals surface area contributed by atoms with Crippen molar-refractivity contribution in [3.8, 4) is 0 Å². The molecule has 0 fully saturated rings. The van der Waals surface area contributed by atoms with E-state index in [0.29, 0.717) is 6.54 Å². The molecule has 0 aliphatic heterocycles. The standard InChI is InChI=1S/C13H19N3O2.ClH/c1-10(14)9-13(18)15-8-7-12(17)16-11-5-3-2-4-6-11;/h2-6,10H,7-9,14H2,1H3,(H,15,18)(H,16,17);1H. The molecule has 0 saturated heterocycles. The Hall–Kier alpha value is -1.59. The summed E-state index contributed by atoms with van der Waals surface area (Å²) in [6, 6.07) is 9.03. The predicted octanol–water partition coefficient (Wildman–Crippen LogP) is 1.29. The van der Waals surface area contributed by atoms with Crippen molar-refractivity contribution in [1.29, 1.82) is 0 Å². The van der Waals surface area contributed by atoms with Crippen LogP contribution in [0, 0.1) is 0 Å². The minimum Gasteiger partial charge on any atom is -0.356 e. The maximum Gasteiger partial charge on any atom is 0.226 e. The van der Waals surface area contributed by atoms with Gasteiger partial charge in [0, 0.05) is 31.1 Å². The number of para-hydroxylation sites is 1. The number of rotatable bonds is 6. The fraction of sp³-hybridized carbons (Fsp3) is 0.385. The molecule has 0 aliphatic rings. The zero-order chi connectivity index (χ0) is 13.4. The second-order valence-electron chi connectivity index (χ2n) is 4.20. The van der Waals surface area contributed by atoms with E-state index >= 15 is 0 Å². The zero-order valence-electron chi connectivity index (χ0n) is 10.9. The molecular weight excluding hydrogens is 266 g/mol. The minimum absolute atomic E-state index is 0. The lowest BCUT2D eigenvalue weighted by atomic mass is 10.2. The highest BCUT2D eigenvalue weighted by molar-refractivity contribution is 5.91. The van der Waals surface area contributed by atoms with Crippen LogP contribution in [0.15, 0.2) is 30.3 Å². The molecule has 4 N–H and O–H groups in total. The number of hydrogen-bond acceptors (Lipinski definition) is 3. The first-order valence-electron chi connectivity index (χ1n) is 5.95. The number of carbonyl (C=O) groups is 2. The van der Waals surface area contributed by atoms with Gasteiger partial charge in [-0.05, 0) is 19.1 Å². The van der Waals surface area contributed by atoms with E-state index in [2.05, 4.69) is 10.6 Å². The monoisotopic (exact) mass is 285 g/mol. The van der Waals surface area contributed by atoms with Crippen LogP contribution in [-0.2, 0) is 9.59 Å². The number of amides is 2. The highest BCUT2D eigenvalue weighted by atomic mass is 35.5. The van der Waals surface area contributed by atoms with Crippen LogP contribution in [0.1, 0.15) is 19.8 Å². The molecule has 2 amide bonds. The van der Waals surface area contributed by atoms with Crippen LogP contribution in [0.3, 0.4) is 0 Å². The van der Waals surface area contributed by atoms with Crippen molar-refractivity contribution in [2.75, 3.05) is 11.9 Å². The first-order chi connectivity index (χ1) is 8.58. The Morgan fingerprint density at radius 2 is 1.84 bits per heavy atom. The molecule has 0 radical (unpaired) electrons. The van der Waals surface area contributed by atoms with Gasteiger partial charge in [0.1, 0.15) is 0 Å². The van der Waals surface area contributed by atoms with Gasteiger partial charge in [-0.2, -0.15) is 0 Å². The Kier molecular flexibility index (Phi) is 8.57. The normalized spacial score (nSPS) is 11.1. The lowest BCUT2D eigenvalue weighted by Gasteiger charge is -2.07. The number of nitrogens with two attached hydrogens (primary N) is 1. The highest BCUT2D eigenvalue weighted by Gasteiger charge is 2.06. The number of halogens is 1. The molecule has 106 valence electrons. The second-order valence-corrected chi connectivity index (χ2v) is 4.20. The van der Waals surface area contributed by atoms with Crippen LogP contribution in [0.4, 0.5) is 5.69 Å². The van der Waals surface area contributed by atoms with Crippen LogP contribution < -0.4 is 16.4 Å². The van der Waals surface area contributed by atoms with Gasteiger partial charge >= 0.3 is 0 Å². The molecule has 0 heterocycles. The average molecular weight is 286 g/mol. The summed E-state index contributed by atoms with van der Waals surface area (Å²) < 4.78 is 0. The Bertz CT molecular complexity index is 396. The molecule has 1 aromatic rings. The van der Waals surface area contributed by atoms with Crippen molar-refractivity contribution in [2.45, 2.75) is 25.8 Å². The summed E-state index contributed by atoms with van der Waals surface area (Å²) in [4.78, 5) is 22.8. The van der Waals surface area contributed by atoms with E-state index in [1.165, 1.54) is 0 Å². The fourth-order valence-electron chi connectivity index (χ4n) is 1.43. The SMILES string of the molecule is CC(N)CC(=O)NCCC(=O)Nc1ccccc1.Cl. The molecule has 0 spiro atoms. The number of carbonyl (C=O) groups excluding carboxylic acids is 2. The molecule has 1 unspecified atom stereocenters. The molecule has 0 aromatic heterocycles. The fourth-order valence-corrected chi connectivity index (χ4v) is 1.43. The van der Waals surface area contributed by atoms with E-state index in [0.717, 1.165) is 5.69 Å². The van der Waals surface area contributed by atoms with Crippen molar-refractivity contribution < 1.29 is 9.59 Å². The van der Waals surface area contributed by atoms with E-state index < -0.39 is 0 Å². The lowest BCUT2D eigenvalue weighted by Crippen LogP contribution is -2.32. The van der Waals surface area contributed by atoms with Gasteiger partial charge in [-0.25, -0.2) is 0 Å². The summed E-state index contributed by atoms with van der Waals surface area (Å²) in [5.41, 5.74) is 6.24. The van der Waals surface area contributed by atoms with Crippen LogP contribution in [0.25, 0.3) is 0 Å². The van der Waals surface area contributed by atoms with Crippen LogP contribution in [-0.4, -0.2) is 24.4 Å². The van der Waals surface area contributed by atoms with Gasteiger partial charge in [0.15, 0.2) is 0 Å². The summed E-state index contributed by atoms with van der Waals surface area (Å²) >= 11 is 0. The topological polar surface area (TPSA) is 84.2 Å². The molecule has 1 rings (SSSR count). The third-order valence-corrected chi connectivity index (χ3v) is 2.24. The number of nitrogens with one attached hydrogen (secondary N) is 2. The van der Waals surface area contributed by atoms with Crippen molar-refractivity contribution in [1.82, 2.24) is 5.32 Å². The molecule has 1 atom stereocenters. The highest BCUT2D eigenvalue weighted by Crippen LogP contribution is 2.04. The first-order valence-corrected chi connectivity index (χ1v) is 5.95. The smallest absolute Gasteiger partial charge is 0.226 e. The maximum absolute atomic E-state index is 11.5. The van der Waals surface area contributed by atoms with Crippen LogP contribution in [0.5, 0.6) is 0 Å². The zero-order valence-corrected chi connectivity index (χ0v) is 11.7. The summed E-state index contributed by atoms with van der Waals surface area (Å²) in [6.07, 6.45) is 0.528. The lowest BCUT2D eigenvalue weighted by molar-refractivity contribution is -0.121. The van der Waals surface area contributed by atoms with Gasteiger partial charge in [0.05, 0.1) is 0 Å². The van der Waals surface area contributed by atoms with Crippen molar-refractivity contribution >= 4 is 29.9 Å². The maximum atomic E-state index is 11.5. The number of hydrogen-bond donors (Lipinski definition) is 3. The van der Waals surface area contributed by atoms with Crippen LogP contribution >= 0.6 is 12.4 Å². The minimum atomic E-state index is -0.164. The second kappa shape index (κ2) is 9.35. The van der Waals surface area contributed by atoms with E-state index in [4.69, 9.17) is 5.73 Å². The van der Waals surface area contributed by atoms with E-state index in [9.17, 15) is 9.59 Å². The largest absolute Gasteiger partial charge is 0.356 e. The molecule has 1 aromatic carbocycles. The van der Waals surface area contributed by atoms with E-state index in [-0.39, 0.29) is 43.1 Å². The average Bonchev–Trinajstić information content (AvgIpc) is 2.29. The quantitative estimate of drug-likeness (QED) is 0.736. The molecular formula is C13H20ClN3O2. The molecule has 0 aliphatic carbocycles. The predicted molar refractivity (Wildman–Crippen MR) is 78.2 cm³/mol. The van der Waals surface area contributed by atoms with Gasteiger partial charge in [-0.15, -0.1) is 12.4 Å². The third kappa shape index (κ3) is 8.18. The molecule has 0 saturated carbocycles. The van der Waals surface area contributed by atoms with Crippen LogP contribution in [0.2, 0.25) is 0 Å². The van der Waals surface area contributed by atoms with Crippen molar-refractivity contribution in [2.24, 2.45) is 5.73 Å². The Morgan fingerprint density at radius 3 is 2.42 bits per heavy atom. The summed E-state index contributed by atoms with van der Waals surface area (Å²) in [5.74, 6) is -0.250. The van der Waals surface area contributed by atoms with Gasteiger partial charge in [-0.1, -0.05) is 18.2 Å². The Morgan fingerprint density at radius 1 is 1.21 bits per heavy atom.